The summed E-state index contributed by atoms with van der Waals surface area (Å²) in [6.07, 6.45) is 0.458. The number of carbonyl (C=O) groups is 1. The third kappa shape index (κ3) is 3.16. The third-order valence-corrected chi connectivity index (χ3v) is 3.15. The maximum absolute atomic E-state index is 11.3. The van der Waals surface area contributed by atoms with Crippen molar-refractivity contribution in [2.24, 2.45) is 0 Å². The predicted molar refractivity (Wildman–Crippen MR) is 72.4 cm³/mol. The molecule has 0 spiro atoms. The molecule has 96 valence electrons. The fraction of sp³-hybridized carbons (Fsp3) is 0.333. The molecule has 3 N–H and O–H groups in total. The summed E-state index contributed by atoms with van der Waals surface area (Å²) in [6.45, 7) is 2.56. The van der Waals surface area contributed by atoms with Crippen LogP contribution in [0.4, 0.5) is 5.69 Å². The highest BCUT2D eigenvalue weighted by Gasteiger charge is 2.07. The van der Waals surface area contributed by atoms with Gasteiger partial charge in [0.15, 0.2) is 5.58 Å². The van der Waals surface area contributed by atoms with Crippen LogP contribution in [0, 0.1) is 0 Å². The second-order valence-electron chi connectivity index (χ2n) is 3.76. The lowest BCUT2D eigenvalue weighted by Crippen LogP contribution is -2.22. The molecule has 2 aromatic rings. The molecule has 18 heavy (non-hydrogen) atoms. The van der Waals surface area contributed by atoms with Gasteiger partial charge in [-0.05, 0) is 19.1 Å². The summed E-state index contributed by atoms with van der Waals surface area (Å²) in [7, 11) is 0. The van der Waals surface area contributed by atoms with Crippen molar-refractivity contribution < 1.29 is 9.21 Å². The minimum Gasteiger partial charge on any atom is -0.431 e. The smallest absolute Gasteiger partial charge is 0.256 e. The number of amides is 1. The lowest BCUT2D eigenvalue weighted by molar-refractivity contribution is -0.120. The summed E-state index contributed by atoms with van der Waals surface area (Å²) in [5.74, 6) is 0.694. The molecule has 0 unspecified atom stereocenters. The van der Waals surface area contributed by atoms with Crippen LogP contribution in [0.5, 0.6) is 0 Å². The summed E-state index contributed by atoms with van der Waals surface area (Å²) >= 11 is 1.43. The Morgan fingerprint density at radius 3 is 3.17 bits per heavy atom. The van der Waals surface area contributed by atoms with Crippen molar-refractivity contribution in [3.8, 4) is 0 Å². The molecule has 0 aliphatic rings. The second-order valence-corrected chi connectivity index (χ2v) is 4.81. The third-order valence-electron chi connectivity index (χ3n) is 2.32. The zero-order valence-corrected chi connectivity index (χ0v) is 10.9. The van der Waals surface area contributed by atoms with E-state index in [9.17, 15) is 4.79 Å². The standard InChI is InChI=1S/C12H15N3O2S/c1-2-14-11(16)5-6-18-12-15-9-4-3-8(13)7-10(9)17-12/h3-4,7H,2,5-6,13H2,1H3,(H,14,16). The summed E-state index contributed by atoms with van der Waals surface area (Å²) in [6, 6.07) is 5.35. The number of hydrogen-bond donors (Lipinski definition) is 2. The highest BCUT2D eigenvalue weighted by atomic mass is 32.2. The van der Waals surface area contributed by atoms with Gasteiger partial charge in [-0.2, -0.15) is 0 Å². The van der Waals surface area contributed by atoms with Crippen molar-refractivity contribution in [1.82, 2.24) is 10.3 Å². The highest BCUT2D eigenvalue weighted by molar-refractivity contribution is 7.99. The number of carbonyl (C=O) groups excluding carboxylic acids is 1. The van der Waals surface area contributed by atoms with Gasteiger partial charge < -0.3 is 15.5 Å². The van der Waals surface area contributed by atoms with E-state index in [2.05, 4.69) is 10.3 Å². The van der Waals surface area contributed by atoms with Crippen LogP contribution in [0.1, 0.15) is 13.3 Å². The van der Waals surface area contributed by atoms with Crippen molar-refractivity contribution in [3.63, 3.8) is 0 Å². The summed E-state index contributed by atoms with van der Waals surface area (Å²) in [5, 5.41) is 3.32. The summed E-state index contributed by atoms with van der Waals surface area (Å²) in [4.78, 5) is 15.6. The van der Waals surface area contributed by atoms with Crippen molar-refractivity contribution in [3.05, 3.63) is 18.2 Å². The molecule has 5 nitrogen and oxygen atoms in total. The van der Waals surface area contributed by atoms with Crippen molar-refractivity contribution in [2.45, 2.75) is 18.6 Å². The molecule has 2 rings (SSSR count). The van der Waals surface area contributed by atoms with E-state index in [4.69, 9.17) is 10.2 Å². The number of thioether (sulfide) groups is 1. The average molecular weight is 265 g/mol. The maximum atomic E-state index is 11.3. The molecule has 1 aromatic heterocycles. The van der Waals surface area contributed by atoms with E-state index in [0.29, 0.717) is 35.2 Å². The van der Waals surface area contributed by atoms with Crippen LogP contribution in [0.15, 0.2) is 27.8 Å². The first-order chi connectivity index (χ1) is 8.69. The Labute approximate surface area is 109 Å². The number of aromatic nitrogens is 1. The van der Waals surface area contributed by atoms with E-state index in [1.807, 2.05) is 13.0 Å². The SMILES string of the molecule is CCNC(=O)CCSc1nc2ccc(N)cc2o1. The van der Waals surface area contributed by atoms with E-state index in [0.717, 1.165) is 5.52 Å². The number of nitrogen functional groups attached to an aromatic ring is 1. The van der Waals surface area contributed by atoms with Gasteiger partial charge in [0.25, 0.3) is 5.22 Å². The Hall–Kier alpha value is -1.69. The van der Waals surface area contributed by atoms with E-state index in [-0.39, 0.29) is 5.91 Å². The average Bonchev–Trinajstić information content (AvgIpc) is 2.71. The largest absolute Gasteiger partial charge is 0.431 e. The molecule has 0 aliphatic heterocycles. The molecule has 0 saturated heterocycles. The number of oxazole rings is 1. The van der Waals surface area contributed by atoms with Crippen LogP contribution in [-0.4, -0.2) is 23.2 Å². The van der Waals surface area contributed by atoms with Crippen LogP contribution < -0.4 is 11.1 Å². The van der Waals surface area contributed by atoms with Crippen LogP contribution in [-0.2, 0) is 4.79 Å². The first-order valence-electron chi connectivity index (χ1n) is 5.74. The molecule has 0 atom stereocenters. The number of nitrogens with one attached hydrogen (secondary N) is 1. The van der Waals surface area contributed by atoms with E-state index in [1.165, 1.54) is 11.8 Å². The molecule has 0 bridgehead atoms. The molecule has 0 aliphatic carbocycles. The molecule has 1 heterocycles. The Bertz CT molecular complexity index is 553. The predicted octanol–water partition coefficient (Wildman–Crippen LogP) is 2.03. The first kappa shape index (κ1) is 12.8. The van der Waals surface area contributed by atoms with E-state index < -0.39 is 0 Å². The minimum atomic E-state index is 0.0466. The molecule has 6 heteroatoms. The Kier molecular flexibility index (Phi) is 4.09. The van der Waals surface area contributed by atoms with Gasteiger partial charge in [-0.15, -0.1) is 0 Å². The van der Waals surface area contributed by atoms with Gasteiger partial charge in [0.1, 0.15) is 5.52 Å². The minimum absolute atomic E-state index is 0.0466. The molecule has 0 saturated carbocycles. The second kappa shape index (κ2) is 5.77. The molecule has 1 aromatic carbocycles. The van der Waals surface area contributed by atoms with Gasteiger partial charge in [0.2, 0.25) is 5.91 Å². The fourth-order valence-electron chi connectivity index (χ4n) is 1.50. The number of hydrogen-bond acceptors (Lipinski definition) is 5. The van der Waals surface area contributed by atoms with Gasteiger partial charge in [-0.3, -0.25) is 4.79 Å². The number of fused-ring (bicyclic) bond motifs is 1. The van der Waals surface area contributed by atoms with Gasteiger partial charge in [-0.25, -0.2) is 4.98 Å². The van der Waals surface area contributed by atoms with Crippen molar-refractivity contribution >= 4 is 34.5 Å². The lowest BCUT2D eigenvalue weighted by Gasteiger charge is -1.99. The topological polar surface area (TPSA) is 81.2 Å². The van der Waals surface area contributed by atoms with Gasteiger partial charge in [-0.1, -0.05) is 11.8 Å². The number of nitrogens with zero attached hydrogens (tertiary/aromatic N) is 1. The molecule has 0 radical (unpaired) electrons. The maximum Gasteiger partial charge on any atom is 0.256 e. The Morgan fingerprint density at radius 2 is 2.39 bits per heavy atom. The van der Waals surface area contributed by atoms with Crippen LogP contribution >= 0.6 is 11.8 Å². The molecule has 1 amide bonds. The number of benzene rings is 1. The summed E-state index contributed by atoms with van der Waals surface area (Å²) in [5.41, 5.74) is 7.77. The van der Waals surface area contributed by atoms with Gasteiger partial charge in [0.05, 0.1) is 0 Å². The van der Waals surface area contributed by atoms with Crippen LogP contribution in [0.2, 0.25) is 0 Å². The molecular formula is C12H15N3O2S. The van der Waals surface area contributed by atoms with Gasteiger partial charge in [0, 0.05) is 30.5 Å². The Morgan fingerprint density at radius 1 is 1.56 bits per heavy atom. The number of nitrogens with two attached hydrogens (primary N) is 1. The lowest BCUT2D eigenvalue weighted by atomic mass is 10.3. The highest BCUT2D eigenvalue weighted by Crippen LogP contribution is 2.25. The summed E-state index contributed by atoms with van der Waals surface area (Å²) < 4.78 is 5.53. The molecular weight excluding hydrogens is 250 g/mol. The Balaban J connectivity index is 1.94. The zero-order chi connectivity index (χ0) is 13.0. The van der Waals surface area contributed by atoms with Crippen LogP contribution in [0.3, 0.4) is 0 Å². The van der Waals surface area contributed by atoms with Crippen LogP contribution in [0.25, 0.3) is 11.1 Å². The first-order valence-corrected chi connectivity index (χ1v) is 6.73. The quantitative estimate of drug-likeness (QED) is 0.638. The van der Waals surface area contributed by atoms with Gasteiger partial charge >= 0.3 is 0 Å². The van der Waals surface area contributed by atoms with Crippen molar-refractivity contribution in [2.75, 3.05) is 18.0 Å². The zero-order valence-electron chi connectivity index (χ0n) is 10.1. The number of anilines is 1. The van der Waals surface area contributed by atoms with E-state index >= 15 is 0 Å². The van der Waals surface area contributed by atoms with E-state index in [1.54, 1.807) is 12.1 Å². The molecule has 0 fully saturated rings. The number of rotatable bonds is 5. The monoisotopic (exact) mass is 265 g/mol. The van der Waals surface area contributed by atoms with Crippen molar-refractivity contribution in [1.29, 1.82) is 0 Å². The normalized spacial score (nSPS) is 10.7. The fourth-order valence-corrected chi connectivity index (χ4v) is 2.27.